The van der Waals surface area contributed by atoms with Crippen LogP contribution in [0, 0.1) is 13.8 Å². The zero-order chi connectivity index (χ0) is 22.9. The normalized spacial score (nSPS) is 14.6. The SMILES string of the molecule is Cc1cc(C)n(-c2ccccc2C(=O)Nc2ccc(N3CCN(C)CC3)c3ccncc23)n1. The fraction of sp³-hybridized carbons (Fsp3) is 0.269. The maximum absolute atomic E-state index is 13.4. The van der Waals surface area contributed by atoms with E-state index in [2.05, 4.69) is 38.3 Å². The molecule has 2 aromatic heterocycles. The Morgan fingerprint density at radius 3 is 2.48 bits per heavy atom. The van der Waals surface area contributed by atoms with Gasteiger partial charge in [0.15, 0.2) is 0 Å². The Labute approximate surface area is 193 Å². The van der Waals surface area contributed by atoms with Crippen molar-refractivity contribution in [2.45, 2.75) is 13.8 Å². The van der Waals surface area contributed by atoms with Crippen molar-refractivity contribution in [1.82, 2.24) is 19.7 Å². The molecule has 33 heavy (non-hydrogen) atoms. The summed E-state index contributed by atoms with van der Waals surface area (Å²) in [7, 11) is 2.15. The third-order valence-corrected chi connectivity index (χ3v) is 6.27. The van der Waals surface area contributed by atoms with Crippen LogP contribution in [-0.4, -0.2) is 58.8 Å². The Morgan fingerprint density at radius 1 is 0.939 bits per heavy atom. The molecule has 1 aliphatic rings. The van der Waals surface area contributed by atoms with Gasteiger partial charge in [0.05, 0.1) is 22.6 Å². The average Bonchev–Trinajstić information content (AvgIpc) is 3.17. The smallest absolute Gasteiger partial charge is 0.257 e. The Morgan fingerprint density at radius 2 is 1.73 bits per heavy atom. The molecule has 4 aromatic rings. The summed E-state index contributed by atoms with van der Waals surface area (Å²) < 4.78 is 1.82. The lowest BCUT2D eigenvalue weighted by Crippen LogP contribution is -2.44. The van der Waals surface area contributed by atoms with Crippen LogP contribution >= 0.6 is 0 Å². The maximum Gasteiger partial charge on any atom is 0.257 e. The van der Waals surface area contributed by atoms with E-state index in [1.807, 2.05) is 73.4 Å². The van der Waals surface area contributed by atoms with Gasteiger partial charge in [-0.3, -0.25) is 9.78 Å². The monoisotopic (exact) mass is 440 g/mol. The van der Waals surface area contributed by atoms with Gasteiger partial charge in [-0.2, -0.15) is 5.10 Å². The summed E-state index contributed by atoms with van der Waals surface area (Å²) in [6.45, 7) is 7.98. The molecule has 1 fully saturated rings. The highest BCUT2D eigenvalue weighted by Crippen LogP contribution is 2.33. The molecule has 168 valence electrons. The predicted molar refractivity (Wildman–Crippen MR) is 132 cm³/mol. The highest BCUT2D eigenvalue weighted by Gasteiger charge is 2.19. The van der Waals surface area contributed by atoms with E-state index in [4.69, 9.17) is 0 Å². The second-order valence-corrected chi connectivity index (χ2v) is 8.65. The number of benzene rings is 2. The summed E-state index contributed by atoms with van der Waals surface area (Å²) in [4.78, 5) is 22.5. The summed E-state index contributed by atoms with van der Waals surface area (Å²) in [5.74, 6) is -0.171. The number of amides is 1. The molecule has 0 saturated carbocycles. The van der Waals surface area contributed by atoms with Crippen LogP contribution in [0.2, 0.25) is 0 Å². The number of fused-ring (bicyclic) bond motifs is 1. The Bertz CT molecular complexity index is 1320. The predicted octanol–water partition coefficient (Wildman–Crippen LogP) is 4.04. The molecule has 0 spiro atoms. The third kappa shape index (κ3) is 4.07. The summed E-state index contributed by atoms with van der Waals surface area (Å²) in [6.07, 6.45) is 3.64. The van der Waals surface area contributed by atoms with Crippen molar-refractivity contribution in [3.05, 3.63) is 77.9 Å². The lowest BCUT2D eigenvalue weighted by Gasteiger charge is -2.34. The third-order valence-electron chi connectivity index (χ3n) is 6.27. The van der Waals surface area contributed by atoms with E-state index in [-0.39, 0.29) is 5.91 Å². The van der Waals surface area contributed by atoms with Crippen molar-refractivity contribution < 1.29 is 4.79 Å². The van der Waals surface area contributed by atoms with Crippen LogP contribution in [0.3, 0.4) is 0 Å². The topological polar surface area (TPSA) is 66.3 Å². The van der Waals surface area contributed by atoms with E-state index in [0.717, 1.165) is 59.7 Å². The first-order valence-corrected chi connectivity index (χ1v) is 11.3. The quantitative estimate of drug-likeness (QED) is 0.519. The number of piperazine rings is 1. The number of hydrogen-bond donors (Lipinski definition) is 1. The van der Waals surface area contributed by atoms with Gasteiger partial charge in [-0.25, -0.2) is 4.68 Å². The van der Waals surface area contributed by atoms with E-state index < -0.39 is 0 Å². The van der Waals surface area contributed by atoms with E-state index in [9.17, 15) is 4.79 Å². The van der Waals surface area contributed by atoms with Gasteiger partial charge >= 0.3 is 0 Å². The van der Waals surface area contributed by atoms with Gasteiger partial charge in [-0.05, 0) is 57.3 Å². The van der Waals surface area contributed by atoms with Crippen molar-refractivity contribution in [2.24, 2.45) is 0 Å². The molecule has 5 rings (SSSR count). The summed E-state index contributed by atoms with van der Waals surface area (Å²) >= 11 is 0. The van der Waals surface area contributed by atoms with Crippen LogP contribution in [-0.2, 0) is 0 Å². The average molecular weight is 441 g/mol. The molecule has 1 saturated heterocycles. The molecule has 3 heterocycles. The minimum absolute atomic E-state index is 0.171. The molecule has 2 aromatic carbocycles. The summed E-state index contributed by atoms with van der Waals surface area (Å²) in [5.41, 5.74) is 5.17. The summed E-state index contributed by atoms with van der Waals surface area (Å²) in [5, 5.41) is 9.73. The number of carbonyl (C=O) groups is 1. The standard InChI is InChI=1S/C26H28N6O/c1-18-16-19(2)32(29-18)25-7-5-4-6-21(25)26(33)28-23-8-9-24(20-10-11-27-17-22(20)23)31-14-12-30(3)13-15-31/h4-11,16-17H,12-15H2,1-3H3,(H,28,33). The molecule has 0 radical (unpaired) electrons. The van der Waals surface area contributed by atoms with Gasteiger partial charge in [0, 0.05) is 60.7 Å². The number of para-hydroxylation sites is 1. The van der Waals surface area contributed by atoms with Crippen molar-refractivity contribution in [2.75, 3.05) is 43.4 Å². The van der Waals surface area contributed by atoms with Crippen LogP contribution in [0.25, 0.3) is 16.5 Å². The largest absolute Gasteiger partial charge is 0.368 e. The van der Waals surface area contributed by atoms with Gasteiger partial charge in [0.2, 0.25) is 0 Å². The van der Waals surface area contributed by atoms with E-state index >= 15 is 0 Å². The molecule has 0 aliphatic carbocycles. The highest BCUT2D eigenvalue weighted by atomic mass is 16.1. The second kappa shape index (κ2) is 8.67. The lowest BCUT2D eigenvalue weighted by molar-refractivity contribution is 0.102. The molecule has 0 unspecified atom stereocenters. The lowest BCUT2D eigenvalue weighted by atomic mass is 10.1. The minimum atomic E-state index is -0.171. The van der Waals surface area contributed by atoms with Crippen molar-refractivity contribution >= 4 is 28.1 Å². The molecular weight excluding hydrogens is 412 g/mol. The number of rotatable bonds is 4. The van der Waals surface area contributed by atoms with Crippen molar-refractivity contribution in [3.63, 3.8) is 0 Å². The maximum atomic E-state index is 13.4. The molecule has 1 aliphatic heterocycles. The molecular formula is C26H28N6O. The molecule has 7 nitrogen and oxygen atoms in total. The number of aryl methyl sites for hydroxylation is 2. The number of likely N-dealkylation sites (N-methyl/N-ethyl adjacent to an activating group) is 1. The van der Waals surface area contributed by atoms with Gasteiger partial charge in [0.1, 0.15) is 0 Å². The van der Waals surface area contributed by atoms with Crippen LogP contribution in [0.4, 0.5) is 11.4 Å². The zero-order valence-electron chi connectivity index (χ0n) is 19.2. The fourth-order valence-corrected chi connectivity index (χ4v) is 4.52. The van der Waals surface area contributed by atoms with Crippen LogP contribution in [0.5, 0.6) is 0 Å². The Hall–Kier alpha value is -3.71. The van der Waals surface area contributed by atoms with Crippen LogP contribution in [0.15, 0.2) is 60.9 Å². The molecule has 0 atom stereocenters. The number of anilines is 2. The van der Waals surface area contributed by atoms with Crippen molar-refractivity contribution in [3.8, 4) is 5.69 Å². The zero-order valence-corrected chi connectivity index (χ0v) is 19.2. The van der Waals surface area contributed by atoms with Crippen molar-refractivity contribution in [1.29, 1.82) is 0 Å². The van der Waals surface area contributed by atoms with E-state index in [1.54, 1.807) is 0 Å². The number of aromatic nitrogens is 3. The van der Waals surface area contributed by atoms with Gasteiger partial charge < -0.3 is 15.1 Å². The first-order valence-electron chi connectivity index (χ1n) is 11.3. The first kappa shape index (κ1) is 21.2. The number of carbonyl (C=O) groups excluding carboxylic acids is 1. The highest BCUT2D eigenvalue weighted by molar-refractivity contribution is 6.12. The van der Waals surface area contributed by atoms with E-state index in [1.165, 1.54) is 5.69 Å². The van der Waals surface area contributed by atoms with Gasteiger partial charge in [-0.1, -0.05) is 12.1 Å². The van der Waals surface area contributed by atoms with Gasteiger partial charge in [0.25, 0.3) is 5.91 Å². The fourth-order valence-electron chi connectivity index (χ4n) is 4.52. The van der Waals surface area contributed by atoms with E-state index in [0.29, 0.717) is 5.56 Å². The molecule has 0 bridgehead atoms. The number of nitrogens with zero attached hydrogens (tertiary/aromatic N) is 5. The number of nitrogens with one attached hydrogen (secondary N) is 1. The number of hydrogen-bond acceptors (Lipinski definition) is 5. The molecule has 7 heteroatoms. The van der Waals surface area contributed by atoms with Crippen LogP contribution < -0.4 is 10.2 Å². The summed E-state index contributed by atoms with van der Waals surface area (Å²) in [6, 6.07) is 15.7. The number of pyridine rings is 1. The second-order valence-electron chi connectivity index (χ2n) is 8.65. The van der Waals surface area contributed by atoms with Gasteiger partial charge in [-0.15, -0.1) is 0 Å². The van der Waals surface area contributed by atoms with Crippen LogP contribution in [0.1, 0.15) is 21.7 Å². The first-order chi connectivity index (χ1) is 16.0. The Balaban J connectivity index is 1.49. The molecule has 1 N–H and O–H groups in total. The Kier molecular flexibility index (Phi) is 5.56. The minimum Gasteiger partial charge on any atom is -0.368 e. The molecule has 1 amide bonds.